The first-order chi connectivity index (χ1) is 12.7. The second-order valence-corrected chi connectivity index (χ2v) is 7.72. The average molecular weight is 413 g/mol. The molecule has 3 N–H and O–H groups in total. The average Bonchev–Trinajstić information content (AvgIpc) is 3.16. The van der Waals surface area contributed by atoms with Crippen molar-refractivity contribution in [2.24, 2.45) is 5.92 Å². The summed E-state index contributed by atoms with van der Waals surface area (Å²) in [6.45, 7) is 0.215. The van der Waals surface area contributed by atoms with Crippen molar-refractivity contribution >= 4 is 27.5 Å². The van der Waals surface area contributed by atoms with E-state index in [2.05, 4.69) is 63.0 Å². The Morgan fingerprint density at radius 1 is 1.23 bits per heavy atom. The fourth-order valence-corrected chi connectivity index (χ4v) is 4.27. The quantitative estimate of drug-likeness (QED) is 0.665. The van der Waals surface area contributed by atoms with Gasteiger partial charge < -0.3 is 15.7 Å². The van der Waals surface area contributed by atoms with Gasteiger partial charge >= 0.3 is 0 Å². The van der Waals surface area contributed by atoms with E-state index in [1.54, 1.807) is 0 Å². The lowest BCUT2D eigenvalue weighted by Gasteiger charge is -2.37. The molecule has 0 bridgehead atoms. The Labute approximate surface area is 161 Å². The monoisotopic (exact) mass is 412 g/mol. The van der Waals surface area contributed by atoms with Crippen molar-refractivity contribution in [2.45, 2.75) is 18.4 Å². The Balaban J connectivity index is 1.66. The number of aliphatic hydroxyl groups is 1. The van der Waals surface area contributed by atoms with Gasteiger partial charge in [0.15, 0.2) is 0 Å². The second kappa shape index (κ2) is 7.25. The normalized spacial score (nSPS) is 23.1. The minimum absolute atomic E-state index is 0.0550. The molecule has 0 fully saturated rings. The number of hydrogen-bond acceptors (Lipinski definition) is 3. The lowest BCUT2D eigenvalue weighted by Crippen LogP contribution is -2.30. The Kier molecular flexibility index (Phi) is 4.83. The number of amides is 1. The molecule has 2 aromatic rings. The van der Waals surface area contributed by atoms with Crippen molar-refractivity contribution in [3.05, 3.63) is 75.8 Å². The Morgan fingerprint density at radius 3 is 2.81 bits per heavy atom. The van der Waals surface area contributed by atoms with E-state index in [1.807, 2.05) is 18.2 Å². The number of hydrogen-bond donors (Lipinski definition) is 3. The summed E-state index contributed by atoms with van der Waals surface area (Å²) in [5.74, 6) is 0.611. The summed E-state index contributed by atoms with van der Waals surface area (Å²) in [6.07, 6.45) is 5.54. The van der Waals surface area contributed by atoms with Crippen molar-refractivity contribution in [1.29, 1.82) is 0 Å². The zero-order chi connectivity index (χ0) is 18.1. The molecule has 4 nitrogen and oxygen atoms in total. The van der Waals surface area contributed by atoms with Crippen molar-refractivity contribution in [3.8, 4) is 0 Å². The van der Waals surface area contributed by atoms with Crippen LogP contribution in [0.2, 0.25) is 0 Å². The van der Waals surface area contributed by atoms with Crippen molar-refractivity contribution in [1.82, 2.24) is 5.32 Å². The van der Waals surface area contributed by atoms with Crippen LogP contribution in [0.15, 0.2) is 59.1 Å². The number of anilines is 1. The molecule has 1 aliphatic carbocycles. The van der Waals surface area contributed by atoms with E-state index in [1.165, 1.54) is 11.1 Å². The first-order valence-corrected chi connectivity index (χ1v) is 9.68. The standard InChI is InChI=1S/C21H21BrN2O2/c22-15-7-4-13(5-8-15)20-17-3-1-2-16(17)18-12-14(6-9-19(18)24-20)21(26)23-10-11-25/h1-2,4-9,12,16-17,20,24-25H,3,10-11H2,(H,23,26)/t16-,17-,20-/m1/s1. The molecule has 0 spiro atoms. The van der Waals surface area contributed by atoms with Crippen LogP contribution in [0.25, 0.3) is 0 Å². The van der Waals surface area contributed by atoms with Crippen LogP contribution >= 0.6 is 15.9 Å². The third kappa shape index (κ3) is 3.17. The number of fused-ring (bicyclic) bond motifs is 3. The van der Waals surface area contributed by atoms with Gasteiger partial charge in [-0.05, 0) is 53.8 Å². The first kappa shape index (κ1) is 17.3. The van der Waals surface area contributed by atoms with Crippen molar-refractivity contribution in [3.63, 3.8) is 0 Å². The maximum absolute atomic E-state index is 12.2. The van der Waals surface area contributed by atoms with E-state index in [4.69, 9.17) is 5.11 Å². The number of aliphatic hydroxyl groups excluding tert-OH is 1. The molecule has 0 radical (unpaired) electrons. The molecule has 0 aromatic heterocycles. The predicted molar refractivity (Wildman–Crippen MR) is 106 cm³/mol. The molecule has 4 rings (SSSR count). The van der Waals surface area contributed by atoms with E-state index in [0.717, 1.165) is 16.6 Å². The zero-order valence-corrected chi connectivity index (χ0v) is 15.9. The summed E-state index contributed by atoms with van der Waals surface area (Å²) in [4.78, 5) is 12.2. The summed E-state index contributed by atoms with van der Waals surface area (Å²) in [5, 5.41) is 15.3. The highest BCUT2D eigenvalue weighted by atomic mass is 79.9. The van der Waals surface area contributed by atoms with E-state index in [0.29, 0.717) is 17.4 Å². The number of allylic oxidation sites excluding steroid dienone is 2. The van der Waals surface area contributed by atoms with Crippen LogP contribution in [0.3, 0.4) is 0 Å². The van der Waals surface area contributed by atoms with Crippen molar-refractivity contribution in [2.75, 3.05) is 18.5 Å². The molecule has 0 saturated carbocycles. The van der Waals surface area contributed by atoms with E-state index < -0.39 is 0 Å². The molecular formula is C21H21BrN2O2. The summed E-state index contributed by atoms with van der Waals surface area (Å²) in [7, 11) is 0. The molecule has 1 heterocycles. The highest BCUT2D eigenvalue weighted by Crippen LogP contribution is 2.49. The van der Waals surface area contributed by atoms with Crippen LogP contribution < -0.4 is 10.6 Å². The minimum atomic E-state index is -0.143. The number of carbonyl (C=O) groups excluding carboxylic acids is 1. The van der Waals surface area contributed by atoms with Crippen LogP contribution in [0.5, 0.6) is 0 Å². The van der Waals surface area contributed by atoms with Gasteiger partial charge in [0.05, 0.1) is 12.6 Å². The Bertz CT molecular complexity index is 848. The predicted octanol–water partition coefficient (Wildman–Crippen LogP) is 4.00. The van der Waals surface area contributed by atoms with Gasteiger partial charge in [-0.25, -0.2) is 0 Å². The number of benzene rings is 2. The fourth-order valence-electron chi connectivity index (χ4n) is 4.01. The van der Waals surface area contributed by atoms with Crippen LogP contribution in [0.4, 0.5) is 5.69 Å². The van der Waals surface area contributed by atoms with E-state index in [9.17, 15) is 4.79 Å². The highest BCUT2D eigenvalue weighted by Gasteiger charge is 2.38. The number of rotatable bonds is 4. The Hall–Kier alpha value is -2.11. The lowest BCUT2D eigenvalue weighted by molar-refractivity contribution is 0.0944. The van der Waals surface area contributed by atoms with E-state index >= 15 is 0 Å². The summed E-state index contributed by atoms with van der Waals surface area (Å²) < 4.78 is 1.08. The fraction of sp³-hybridized carbons (Fsp3) is 0.286. The number of carbonyl (C=O) groups is 1. The van der Waals surface area contributed by atoms with Gasteiger partial charge in [0.1, 0.15) is 0 Å². The maximum Gasteiger partial charge on any atom is 0.251 e. The molecule has 2 aromatic carbocycles. The lowest BCUT2D eigenvalue weighted by atomic mass is 9.76. The van der Waals surface area contributed by atoms with Gasteiger partial charge in [-0.1, -0.05) is 40.2 Å². The molecule has 1 aliphatic heterocycles. The molecular weight excluding hydrogens is 392 g/mol. The van der Waals surface area contributed by atoms with Gasteiger partial charge in [0, 0.05) is 28.2 Å². The van der Waals surface area contributed by atoms with Gasteiger partial charge in [0.2, 0.25) is 0 Å². The van der Waals surface area contributed by atoms with Crippen LogP contribution in [0.1, 0.15) is 39.9 Å². The van der Waals surface area contributed by atoms with Gasteiger partial charge in [0.25, 0.3) is 5.91 Å². The molecule has 1 amide bonds. The molecule has 26 heavy (non-hydrogen) atoms. The van der Waals surface area contributed by atoms with Crippen LogP contribution in [-0.2, 0) is 0 Å². The molecule has 3 atom stereocenters. The molecule has 5 heteroatoms. The largest absolute Gasteiger partial charge is 0.395 e. The third-order valence-electron chi connectivity index (χ3n) is 5.25. The second-order valence-electron chi connectivity index (χ2n) is 6.81. The number of halogens is 1. The topological polar surface area (TPSA) is 61.4 Å². The summed E-state index contributed by atoms with van der Waals surface area (Å²) in [6, 6.07) is 14.6. The minimum Gasteiger partial charge on any atom is -0.395 e. The molecule has 2 aliphatic rings. The zero-order valence-electron chi connectivity index (χ0n) is 14.3. The summed E-state index contributed by atoms with van der Waals surface area (Å²) in [5.41, 5.74) is 4.18. The first-order valence-electron chi connectivity index (χ1n) is 8.89. The third-order valence-corrected chi connectivity index (χ3v) is 5.78. The van der Waals surface area contributed by atoms with Gasteiger partial charge in [-0.2, -0.15) is 0 Å². The molecule has 0 unspecified atom stereocenters. The highest BCUT2D eigenvalue weighted by molar-refractivity contribution is 9.10. The van der Waals surface area contributed by atoms with Gasteiger partial charge in [-0.15, -0.1) is 0 Å². The molecule has 134 valence electrons. The van der Waals surface area contributed by atoms with Crippen LogP contribution in [-0.4, -0.2) is 24.2 Å². The van der Waals surface area contributed by atoms with E-state index in [-0.39, 0.29) is 25.1 Å². The maximum atomic E-state index is 12.2. The Morgan fingerprint density at radius 2 is 2.04 bits per heavy atom. The summed E-state index contributed by atoms with van der Waals surface area (Å²) >= 11 is 3.50. The van der Waals surface area contributed by atoms with Crippen molar-refractivity contribution < 1.29 is 9.90 Å². The van der Waals surface area contributed by atoms with Crippen LogP contribution in [0, 0.1) is 5.92 Å². The van der Waals surface area contributed by atoms with Gasteiger partial charge in [-0.3, -0.25) is 4.79 Å². The molecule has 0 saturated heterocycles. The SMILES string of the molecule is O=C(NCCO)c1ccc2c(c1)[C@@H]1C=CC[C@H]1[C@@H](c1ccc(Br)cc1)N2. The number of nitrogens with one attached hydrogen (secondary N) is 2. The smallest absolute Gasteiger partial charge is 0.251 e.